The van der Waals surface area contributed by atoms with Crippen LogP contribution in [0.5, 0.6) is 0 Å². The fourth-order valence-electron chi connectivity index (χ4n) is 4.46. The molecule has 0 radical (unpaired) electrons. The molecule has 0 aromatic carbocycles. The van der Waals surface area contributed by atoms with E-state index in [9.17, 15) is 13.2 Å². The van der Waals surface area contributed by atoms with Gasteiger partial charge in [-0.2, -0.15) is 4.31 Å². The van der Waals surface area contributed by atoms with Gasteiger partial charge in [-0.25, -0.2) is 18.4 Å². The van der Waals surface area contributed by atoms with Crippen LogP contribution in [-0.4, -0.2) is 70.8 Å². The van der Waals surface area contributed by atoms with E-state index in [-0.39, 0.29) is 30.4 Å². The molecule has 2 atom stereocenters. The van der Waals surface area contributed by atoms with Gasteiger partial charge >= 0.3 is 0 Å². The van der Waals surface area contributed by atoms with E-state index in [0.717, 1.165) is 43.0 Å². The van der Waals surface area contributed by atoms with Crippen molar-refractivity contribution in [3.63, 3.8) is 0 Å². The highest BCUT2D eigenvalue weighted by molar-refractivity contribution is 7.89. The van der Waals surface area contributed by atoms with Crippen molar-refractivity contribution in [3.8, 4) is 0 Å². The molecule has 0 bridgehead atoms. The molecule has 2 aliphatic heterocycles. The van der Waals surface area contributed by atoms with Gasteiger partial charge in [0.1, 0.15) is 11.3 Å². The van der Waals surface area contributed by atoms with Gasteiger partial charge in [-0.1, -0.05) is 6.42 Å². The molecule has 2 aliphatic rings. The molecular weight excluding hydrogens is 418 g/mol. The fraction of sp³-hybridized carbons (Fsp3) is 0.667. The number of pyridine rings is 1. The highest BCUT2D eigenvalue weighted by atomic mass is 32.2. The first-order valence-corrected chi connectivity index (χ1v) is 12.6. The van der Waals surface area contributed by atoms with Crippen molar-refractivity contribution in [2.45, 2.75) is 65.2 Å². The highest BCUT2D eigenvalue weighted by Crippen LogP contribution is 2.24. The second-order valence-electron chi connectivity index (χ2n) is 8.62. The smallest absolute Gasteiger partial charge is 0.253 e. The Kier molecular flexibility index (Phi) is 6.32. The van der Waals surface area contributed by atoms with Crippen molar-refractivity contribution < 1.29 is 17.9 Å². The van der Waals surface area contributed by atoms with Crippen molar-refractivity contribution in [2.24, 2.45) is 0 Å². The maximum Gasteiger partial charge on any atom is 0.253 e. The standard InChI is InChI=1S/C21H31N5O4S/c1-14-11-17(19-20(23-14)26-9-6-4-5-7-18(26)24-19)21(27)22-8-10-31(28,29)25-12-15(2)30-16(3)13-25/h11,15-16H,4-10,12-13H2,1-3H3,(H,22,27). The Morgan fingerprint density at radius 1 is 1.19 bits per heavy atom. The first-order chi connectivity index (χ1) is 14.7. The van der Waals surface area contributed by atoms with E-state index in [1.165, 1.54) is 10.7 Å². The zero-order valence-corrected chi connectivity index (χ0v) is 19.2. The molecule has 4 heterocycles. The number of ether oxygens (including phenoxy) is 1. The lowest BCUT2D eigenvalue weighted by molar-refractivity contribution is -0.0440. The van der Waals surface area contributed by atoms with Gasteiger partial charge in [0.15, 0.2) is 5.65 Å². The van der Waals surface area contributed by atoms with Crippen LogP contribution in [-0.2, 0) is 27.7 Å². The number of nitrogens with one attached hydrogen (secondary N) is 1. The van der Waals surface area contributed by atoms with E-state index < -0.39 is 10.0 Å². The molecule has 2 aromatic heterocycles. The quantitative estimate of drug-likeness (QED) is 0.744. The van der Waals surface area contributed by atoms with Gasteiger partial charge in [0.2, 0.25) is 10.0 Å². The second-order valence-corrected chi connectivity index (χ2v) is 10.7. The number of hydrogen-bond donors (Lipinski definition) is 1. The van der Waals surface area contributed by atoms with E-state index in [1.54, 1.807) is 6.07 Å². The topological polar surface area (TPSA) is 106 Å². The van der Waals surface area contributed by atoms with Gasteiger partial charge < -0.3 is 14.6 Å². The van der Waals surface area contributed by atoms with Crippen LogP contribution >= 0.6 is 0 Å². The van der Waals surface area contributed by atoms with Crippen LogP contribution in [0.25, 0.3) is 11.2 Å². The number of rotatable bonds is 5. The SMILES string of the molecule is Cc1cc(C(=O)NCCS(=O)(=O)N2CC(C)OC(C)C2)c2nc3n(c2n1)CCCCC3. The predicted octanol–water partition coefficient (Wildman–Crippen LogP) is 1.63. The lowest BCUT2D eigenvalue weighted by Gasteiger charge is -2.34. The summed E-state index contributed by atoms with van der Waals surface area (Å²) in [5.41, 5.74) is 2.53. The summed E-state index contributed by atoms with van der Waals surface area (Å²) in [5.74, 6) is 0.505. The number of hydrogen-bond acceptors (Lipinski definition) is 6. The molecule has 1 N–H and O–H groups in total. The second kappa shape index (κ2) is 8.84. The van der Waals surface area contributed by atoms with Gasteiger partial charge in [-0.15, -0.1) is 0 Å². The zero-order chi connectivity index (χ0) is 22.2. The summed E-state index contributed by atoms with van der Waals surface area (Å²) in [5, 5.41) is 2.78. The first-order valence-electron chi connectivity index (χ1n) is 11.0. The summed E-state index contributed by atoms with van der Waals surface area (Å²) in [6.45, 7) is 7.16. The molecule has 1 fully saturated rings. The summed E-state index contributed by atoms with van der Waals surface area (Å²) in [6.07, 6.45) is 3.92. The number of aromatic nitrogens is 3. The van der Waals surface area contributed by atoms with Gasteiger partial charge in [0, 0.05) is 38.3 Å². The van der Waals surface area contributed by atoms with Crippen LogP contribution in [0.2, 0.25) is 0 Å². The van der Waals surface area contributed by atoms with E-state index in [4.69, 9.17) is 9.72 Å². The van der Waals surface area contributed by atoms with Crippen LogP contribution in [0.3, 0.4) is 0 Å². The third kappa shape index (κ3) is 4.75. The number of fused-ring (bicyclic) bond motifs is 3. The van der Waals surface area contributed by atoms with Crippen LogP contribution in [0.15, 0.2) is 6.07 Å². The third-order valence-electron chi connectivity index (χ3n) is 5.86. The summed E-state index contributed by atoms with van der Waals surface area (Å²) in [6, 6.07) is 1.73. The van der Waals surface area contributed by atoms with E-state index >= 15 is 0 Å². The number of carbonyl (C=O) groups is 1. The molecule has 0 saturated carbocycles. The van der Waals surface area contributed by atoms with Crippen molar-refractivity contribution in [1.29, 1.82) is 0 Å². The highest BCUT2D eigenvalue weighted by Gasteiger charge is 2.31. The first kappa shape index (κ1) is 22.2. The lowest BCUT2D eigenvalue weighted by atomic mass is 10.2. The Bertz CT molecular complexity index is 1070. The van der Waals surface area contributed by atoms with Crippen LogP contribution in [0.1, 0.15) is 55.0 Å². The zero-order valence-electron chi connectivity index (χ0n) is 18.4. The molecule has 0 aliphatic carbocycles. The maximum absolute atomic E-state index is 12.9. The number of aryl methyl sites for hydroxylation is 3. The molecule has 0 spiro atoms. The summed E-state index contributed by atoms with van der Waals surface area (Å²) < 4.78 is 34.6. The molecule has 4 rings (SSSR count). The lowest BCUT2D eigenvalue weighted by Crippen LogP contribution is -2.49. The normalized spacial score (nSPS) is 22.8. The molecule has 31 heavy (non-hydrogen) atoms. The molecule has 9 nitrogen and oxygen atoms in total. The van der Waals surface area contributed by atoms with Crippen molar-refractivity contribution in [2.75, 3.05) is 25.4 Å². The van der Waals surface area contributed by atoms with Gasteiger partial charge in [0.25, 0.3) is 5.91 Å². The van der Waals surface area contributed by atoms with E-state index in [1.807, 2.05) is 20.8 Å². The number of carbonyl (C=O) groups excluding carboxylic acids is 1. The number of nitrogens with zero attached hydrogens (tertiary/aromatic N) is 4. The van der Waals surface area contributed by atoms with Crippen LogP contribution in [0, 0.1) is 6.92 Å². The molecule has 170 valence electrons. The van der Waals surface area contributed by atoms with Gasteiger partial charge in [0.05, 0.1) is 23.5 Å². The van der Waals surface area contributed by atoms with E-state index in [0.29, 0.717) is 24.2 Å². The van der Waals surface area contributed by atoms with Gasteiger partial charge in [-0.05, 0) is 39.7 Å². The Morgan fingerprint density at radius 3 is 2.68 bits per heavy atom. The summed E-state index contributed by atoms with van der Waals surface area (Å²) >= 11 is 0. The molecule has 2 unspecified atom stereocenters. The Hall–Kier alpha value is -2.04. The number of amides is 1. The molecule has 1 amide bonds. The Balaban J connectivity index is 1.48. The monoisotopic (exact) mass is 449 g/mol. The predicted molar refractivity (Wildman–Crippen MR) is 118 cm³/mol. The van der Waals surface area contributed by atoms with Crippen molar-refractivity contribution in [1.82, 2.24) is 24.2 Å². The Morgan fingerprint density at radius 2 is 1.94 bits per heavy atom. The largest absolute Gasteiger partial charge is 0.373 e. The molecule has 10 heteroatoms. The Labute approximate surface area is 183 Å². The number of sulfonamides is 1. The minimum Gasteiger partial charge on any atom is -0.373 e. The molecular formula is C21H31N5O4S. The average molecular weight is 450 g/mol. The molecule has 1 saturated heterocycles. The third-order valence-corrected chi connectivity index (χ3v) is 7.67. The summed E-state index contributed by atoms with van der Waals surface area (Å²) in [4.78, 5) is 22.3. The molecule has 2 aromatic rings. The summed E-state index contributed by atoms with van der Waals surface area (Å²) in [7, 11) is -3.48. The van der Waals surface area contributed by atoms with E-state index in [2.05, 4.69) is 14.9 Å². The number of imidazole rings is 1. The van der Waals surface area contributed by atoms with Crippen LogP contribution < -0.4 is 5.32 Å². The fourth-order valence-corrected chi connectivity index (χ4v) is 5.96. The minimum absolute atomic E-state index is 0.0394. The van der Waals surface area contributed by atoms with Crippen LogP contribution in [0.4, 0.5) is 0 Å². The number of morpholine rings is 1. The minimum atomic E-state index is -3.48. The van der Waals surface area contributed by atoms with Crippen molar-refractivity contribution in [3.05, 3.63) is 23.1 Å². The van der Waals surface area contributed by atoms with Crippen molar-refractivity contribution >= 4 is 27.1 Å². The average Bonchev–Trinajstić information content (AvgIpc) is 2.88. The maximum atomic E-state index is 12.9. The van der Waals surface area contributed by atoms with Gasteiger partial charge in [-0.3, -0.25) is 4.79 Å².